The van der Waals surface area contributed by atoms with Gasteiger partial charge >= 0.3 is 0 Å². The zero-order chi connectivity index (χ0) is 18.7. The van der Waals surface area contributed by atoms with Crippen molar-refractivity contribution in [3.05, 3.63) is 92.9 Å². The maximum absolute atomic E-state index is 12.8. The smallest absolute Gasteiger partial charge is 0.271 e. The molecule has 5 nitrogen and oxygen atoms in total. The number of carbonyl (C=O) groups is 1. The fraction of sp³-hybridized carbons (Fsp3) is 0.100. The van der Waals surface area contributed by atoms with Crippen LogP contribution in [0.4, 0.5) is 0 Å². The van der Waals surface area contributed by atoms with E-state index in [4.69, 9.17) is 17.3 Å². The maximum atomic E-state index is 12.8. The average molecular weight is 369 g/mol. The van der Waals surface area contributed by atoms with Gasteiger partial charge in [-0.1, -0.05) is 41.9 Å². The number of hydrogen-bond donors (Lipinski definition) is 2. The first-order chi connectivity index (χ1) is 12.5. The summed E-state index contributed by atoms with van der Waals surface area (Å²) in [6.07, 6.45) is 1.16. The predicted molar refractivity (Wildman–Crippen MR) is 101 cm³/mol. The van der Waals surface area contributed by atoms with E-state index in [1.165, 1.54) is 10.6 Å². The molecule has 0 aliphatic carbocycles. The van der Waals surface area contributed by atoms with E-state index in [0.29, 0.717) is 29.2 Å². The summed E-state index contributed by atoms with van der Waals surface area (Å²) in [5.41, 5.74) is 6.41. The molecule has 0 aliphatic rings. The van der Waals surface area contributed by atoms with Gasteiger partial charge in [-0.2, -0.15) is 0 Å². The number of aromatic hydroxyl groups is 1. The summed E-state index contributed by atoms with van der Waals surface area (Å²) >= 11 is 5.93. The number of aromatic nitrogens is 1. The van der Waals surface area contributed by atoms with Crippen LogP contribution in [0.3, 0.4) is 0 Å². The third-order valence-electron chi connectivity index (χ3n) is 4.11. The monoisotopic (exact) mass is 368 g/mol. The van der Waals surface area contributed by atoms with Gasteiger partial charge in [0.2, 0.25) is 0 Å². The number of halogens is 1. The van der Waals surface area contributed by atoms with Crippen molar-refractivity contribution in [2.75, 3.05) is 0 Å². The normalized spacial score (nSPS) is 10.7. The standard InChI is InChI=1S/C20H17ClN2O3/c21-14-7-10-15(11-8-14)23-16(9-6-13-4-2-1-3-5-13)12-17(24)18(19(22)25)20(23)26/h1-5,7-8,10-12,24H,6,9H2,(H2,22,25). The van der Waals surface area contributed by atoms with Gasteiger partial charge in [0.25, 0.3) is 11.5 Å². The molecule has 3 rings (SSSR count). The highest BCUT2D eigenvalue weighted by atomic mass is 35.5. The van der Waals surface area contributed by atoms with Crippen molar-refractivity contribution < 1.29 is 9.90 Å². The predicted octanol–water partition coefficient (Wildman–Crippen LogP) is 3.08. The number of amides is 1. The molecule has 26 heavy (non-hydrogen) atoms. The van der Waals surface area contributed by atoms with E-state index >= 15 is 0 Å². The summed E-state index contributed by atoms with van der Waals surface area (Å²) in [5, 5.41) is 10.6. The van der Waals surface area contributed by atoms with E-state index in [1.54, 1.807) is 24.3 Å². The molecule has 6 heteroatoms. The van der Waals surface area contributed by atoms with E-state index < -0.39 is 22.8 Å². The van der Waals surface area contributed by atoms with Crippen molar-refractivity contribution >= 4 is 17.5 Å². The lowest BCUT2D eigenvalue weighted by atomic mass is 10.1. The molecule has 0 bridgehead atoms. The van der Waals surface area contributed by atoms with Gasteiger partial charge in [0.15, 0.2) is 0 Å². The second kappa shape index (κ2) is 7.45. The number of benzene rings is 2. The Morgan fingerprint density at radius 2 is 1.69 bits per heavy atom. The van der Waals surface area contributed by atoms with Gasteiger partial charge in [0.1, 0.15) is 11.3 Å². The SMILES string of the molecule is NC(=O)c1c(O)cc(CCc2ccccc2)n(-c2ccc(Cl)cc2)c1=O. The lowest BCUT2D eigenvalue weighted by molar-refractivity contribution is 0.0996. The van der Waals surface area contributed by atoms with Crippen LogP contribution in [0.25, 0.3) is 5.69 Å². The number of hydrogen-bond acceptors (Lipinski definition) is 3. The van der Waals surface area contributed by atoms with Crippen LogP contribution in [0, 0.1) is 0 Å². The first-order valence-corrected chi connectivity index (χ1v) is 8.42. The number of primary amides is 1. The van der Waals surface area contributed by atoms with Gasteiger partial charge in [0.05, 0.1) is 0 Å². The van der Waals surface area contributed by atoms with Crippen LogP contribution < -0.4 is 11.3 Å². The van der Waals surface area contributed by atoms with E-state index in [0.717, 1.165) is 5.56 Å². The summed E-state index contributed by atoms with van der Waals surface area (Å²) in [6.45, 7) is 0. The Hall–Kier alpha value is -3.05. The molecule has 3 aromatic rings. The van der Waals surface area contributed by atoms with E-state index in [9.17, 15) is 14.7 Å². The molecule has 0 saturated heterocycles. The minimum atomic E-state index is -0.968. The Morgan fingerprint density at radius 1 is 1.04 bits per heavy atom. The van der Waals surface area contributed by atoms with Crippen molar-refractivity contribution in [2.24, 2.45) is 5.73 Å². The van der Waals surface area contributed by atoms with Crippen LogP contribution in [-0.2, 0) is 12.8 Å². The van der Waals surface area contributed by atoms with E-state index in [1.807, 2.05) is 30.3 Å². The Morgan fingerprint density at radius 3 is 2.31 bits per heavy atom. The summed E-state index contributed by atoms with van der Waals surface area (Å²) in [6, 6.07) is 17.9. The summed E-state index contributed by atoms with van der Waals surface area (Å²) in [7, 11) is 0. The third-order valence-corrected chi connectivity index (χ3v) is 4.36. The molecule has 132 valence electrons. The van der Waals surface area contributed by atoms with Gasteiger partial charge in [-0.15, -0.1) is 0 Å². The van der Waals surface area contributed by atoms with Crippen LogP contribution in [0.15, 0.2) is 65.5 Å². The Labute approximate surface area is 155 Å². The molecule has 1 heterocycles. The minimum Gasteiger partial charge on any atom is -0.507 e. The van der Waals surface area contributed by atoms with Gasteiger partial charge in [0, 0.05) is 22.5 Å². The fourth-order valence-corrected chi connectivity index (χ4v) is 2.98. The molecule has 0 unspecified atom stereocenters. The minimum absolute atomic E-state index is 0.407. The summed E-state index contributed by atoms with van der Waals surface area (Å²) in [5.74, 6) is -1.37. The highest BCUT2D eigenvalue weighted by molar-refractivity contribution is 6.30. The van der Waals surface area contributed by atoms with Crippen LogP contribution in [0.5, 0.6) is 5.75 Å². The second-order valence-corrected chi connectivity index (χ2v) is 6.30. The first-order valence-electron chi connectivity index (χ1n) is 8.05. The van der Waals surface area contributed by atoms with Crippen molar-refractivity contribution in [1.82, 2.24) is 4.57 Å². The molecule has 0 aliphatic heterocycles. The number of nitrogens with zero attached hydrogens (tertiary/aromatic N) is 1. The zero-order valence-corrected chi connectivity index (χ0v) is 14.6. The zero-order valence-electron chi connectivity index (χ0n) is 13.9. The summed E-state index contributed by atoms with van der Waals surface area (Å²) < 4.78 is 1.39. The fourth-order valence-electron chi connectivity index (χ4n) is 2.85. The average Bonchev–Trinajstić information content (AvgIpc) is 2.61. The Bertz CT molecular complexity index is 996. The first kappa shape index (κ1) is 17.8. The molecule has 0 fully saturated rings. The Kier molecular flexibility index (Phi) is 5.09. The van der Waals surface area contributed by atoms with Gasteiger partial charge in [-0.25, -0.2) is 0 Å². The van der Waals surface area contributed by atoms with Crippen molar-refractivity contribution in [3.63, 3.8) is 0 Å². The van der Waals surface area contributed by atoms with Crippen molar-refractivity contribution in [2.45, 2.75) is 12.8 Å². The lowest BCUT2D eigenvalue weighted by Gasteiger charge is -2.15. The number of rotatable bonds is 5. The van der Waals surface area contributed by atoms with Crippen LogP contribution >= 0.6 is 11.6 Å². The molecule has 0 saturated carbocycles. The van der Waals surface area contributed by atoms with E-state index in [-0.39, 0.29) is 0 Å². The quantitative estimate of drug-likeness (QED) is 0.725. The van der Waals surface area contributed by atoms with Crippen LogP contribution in [0.2, 0.25) is 5.02 Å². The second-order valence-electron chi connectivity index (χ2n) is 5.86. The van der Waals surface area contributed by atoms with Crippen molar-refractivity contribution in [3.8, 4) is 11.4 Å². The van der Waals surface area contributed by atoms with Crippen LogP contribution in [-0.4, -0.2) is 15.6 Å². The summed E-state index contributed by atoms with van der Waals surface area (Å²) in [4.78, 5) is 24.4. The largest absolute Gasteiger partial charge is 0.507 e. The third kappa shape index (κ3) is 3.63. The molecule has 0 spiro atoms. The molecule has 1 aromatic heterocycles. The molecule has 0 radical (unpaired) electrons. The molecule has 2 aromatic carbocycles. The highest BCUT2D eigenvalue weighted by Gasteiger charge is 2.19. The number of pyridine rings is 1. The number of nitrogens with two attached hydrogens (primary N) is 1. The molecule has 0 atom stereocenters. The topological polar surface area (TPSA) is 85.3 Å². The van der Waals surface area contributed by atoms with Gasteiger partial charge < -0.3 is 10.8 Å². The molecule has 1 amide bonds. The maximum Gasteiger partial charge on any atom is 0.271 e. The Balaban J connectivity index is 2.11. The molecular weight excluding hydrogens is 352 g/mol. The van der Waals surface area contributed by atoms with Gasteiger partial charge in [-0.05, 0) is 42.7 Å². The highest BCUT2D eigenvalue weighted by Crippen LogP contribution is 2.21. The van der Waals surface area contributed by atoms with E-state index in [2.05, 4.69) is 0 Å². The molecule has 3 N–H and O–H groups in total. The molecular formula is C20H17ClN2O3. The number of carbonyl (C=O) groups excluding carboxylic acids is 1. The number of aryl methyl sites for hydroxylation is 2. The lowest BCUT2D eigenvalue weighted by Crippen LogP contribution is -2.30. The van der Waals surface area contributed by atoms with Crippen molar-refractivity contribution in [1.29, 1.82) is 0 Å². The van der Waals surface area contributed by atoms with Gasteiger partial charge in [-0.3, -0.25) is 14.2 Å². The van der Waals surface area contributed by atoms with Crippen LogP contribution in [0.1, 0.15) is 21.6 Å².